The van der Waals surface area contributed by atoms with Crippen LogP contribution in [0.5, 0.6) is 5.75 Å². The summed E-state index contributed by atoms with van der Waals surface area (Å²) in [7, 11) is 0. The number of ether oxygens (including phenoxy) is 1. The first-order chi connectivity index (χ1) is 10.7. The fraction of sp³-hybridized carbons (Fsp3) is 0.526. The van der Waals surface area contributed by atoms with Crippen molar-refractivity contribution in [3.8, 4) is 5.75 Å². The Morgan fingerprint density at radius 1 is 1.23 bits per heavy atom. The fourth-order valence-corrected chi connectivity index (χ4v) is 4.77. The van der Waals surface area contributed by atoms with E-state index in [0.717, 1.165) is 37.2 Å². The highest BCUT2D eigenvalue weighted by Crippen LogP contribution is 2.58. The van der Waals surface area contributed by atoms with E-state index in [1.807, 2.05) is 23.1 Å². The summed E-state index contributed by atoms with van der Waals surface area (Å²) in [6, 6.07) is 8.16. The second kappa shape index (κ2) is 4.87. The number of likely N-dealkylation sites (N-methyl/N-ethyl adjacent to an activating group) is 1. The Morgan fingerprint density at radius 2 is 2.00 bits per heavy atom. The number of benzene rings is 1. The monoisotopic (exact) mass is 297 g/mol. The van der Waals surface area contributed by atoms with Crippen LogP contribution in [-0.4, -0.2) is 30.0 Å². The number of nitrogens with zero attached hydrogens (tertiary/aromatic N) is 1. The lowest BCUT2D eigenvalue weighted by Crippen LogP contribution is -2.62. The molecule has 1 heterocycles. The zero-order chi connectivity index (χ0) is 15.3. The minimum absolute atomic E-state index is 0.0262. The van der Waals surface area contributed by atoms with Crippen LogP contribution < -0.4 is 4.74 Å². The third-order valence-corrected chi connectivity index (χ3v) is 5.82. The average Bonchev–Trinajstić information content (AvgIpc) is 2.95. The lowest BCUT2D eigenvalue weighted by atomic mass is 9.55. The number of allylic oxidation sites excluding steroid dienone is 1. The van der Waals surface area contributed by atoms with Crippen molar-refractivity contribution in [2.24, 2.45) is 11.8 Å². The topological polar surface area (TPSA) is 29.5 Å². The maximum Gasteiger partial charge on any atom is 0.237 e. The van der Waals surface area contributed by atoms with Crippen LogP contribution in [0.25, 0.3) is 0 Å². The van der Waals surface area contributed by atoms with E-state index < -0.39 is 5.41 Å². The quantitative estimate of drug-likeness (QED) is 0.802. The van der Waals surface area contributed by atoms with Crippen molar-refractivity contribution in [3.63, 3.8) is 0 Å². The maximum atomic E-state index is 13.5. The van der Waals surface area contributed by atoms with Crippen molar-refractivity contribution < 1.29 is 9.53 Å². The van der Waals surface area contributed by atoms with Crippen LogP contribution in [0.15, 0.2) is 36.4 Å². The zero-order valence-electron chi connectivity index (χ0n) is 13.3. The molecule has 3 nitrogen and oxygen atoms in total. The SMILES string of the molecule is CCN(CC)C(=O)[C@]12c3ccccc3O[C@H]1[C@H]1C=C[C@@H]2CC1. The van der Waals surface area contributed by atoms with Gasteiger partial charge in [-0.25, -0.2) is 0 Å². The molecule has 4 atom stereocenters. The first-order valence-electron chi connectivity index (χ1n) is 8.47. The molecule has 1 saturated carbocycles. The van der Waals surface area contributed by atoms with Crippen molar-refractivity contribution in [3.05, 3.63) is 42.0 Å². The van der Waals surface area contributed by atoms with E-state index >= 15 is 0 Å². The van der Waals surface area contributed by atoms with Gasteiger partial charge < -0.3 is 9.64 Å². The van der Waals surface area contributed by atoms with Gasteiger partial charge in [0.15, 0.2) is 0 Å². The largest absolute Gasteiger partial charge is 0.488 e. The Bertz CT molecular complexity index is 634. The van der Waals surface area contributed by atoms with Crippen LogP contribution in [0.4, 0.5) is 0 Å². The highest BCUT2D eigenvalue weighted by atomic mass is 16.5. The first kappa shape index (κ1) is 13.9. The van der Waals surface area contributed by atoms with E-state index in [0.29, 0.717) is 5.92 Å². The predicted octanol–water partition coefficient (Wildman–Crippen LogP) is 3.15. The summed E-state index contributed by atoms with van der Waals surface area (Å²) in [6.45, 7) is 5.64. The van der Waals surface area contributed by atoms with E-state index in [2.05, 4.69) is 32.1 Å². The Hall–Kier alpha value is -1.77. The molecule has 0 aromatic heterocycles. The predicted molar refractivity (Wildman–Crippen MR) is 85.8 cm³/mol. The summed E-state index contributed by atoms with van der Waals surface area (Å²) in [4.78, 5) is 15.5. The summed E-state index contributed by atoms with van der Waals surface area (Å²) < 4.78 is 6.31. The van der Waals surface area contributed by atoms with E-state index in [-0.39, 0.29) is 17.9 Å². The molecule has 2 bridgehead atoms. The van der Waals surface area contributed by atoms with Gasteiger partial charge in [0, 0.05) is 24.6 Å². The van der Waals surface area contributed by atoms with Gasteiger partial charge in [-0.05, 0) is 38.7 Å². The maximum absolute atomic E-state index is 13.5. The van der Waals surface area contributed by atoms with Crippen LogP contribution in [0, 0.1) is 11.8 Å². The molecule has 1 aliphatic heterocycles. The van der Waals surface area contributed by atoms with Crippen molar-refractivity contribution in [2.75, 3.05) is 13.1 Å². The van der Waals surface area contributed by atoms with Gasteiger partial charge in [0.25, 0.3) is 0 Å². The van der Waals surface area contributed by atoms with Gasteiger partial charge >= 0.3 is 0 Å². The molecular weight excluding hydrogens is 274 g/mol. The number of fused-ring (bicyclic) bond motifs is 2. The Kier molecular flexibility index (Phi) is 3.07. The fourth-order valence-electron chi connectivity index (χ4n) is 4.77. The average molecular weight is 297 g/mol. The first-order valence-corrected chi connectivity index (χ1v) is 8.47. The molecule has 1 amide bonds. The number of rotatable bonds is 3. The molecule has 0 spiro atoms. The molecule has 22 heavy (non-hydrogen) atoms. The lowest BCUT2D eigenvalue weighted by molar-refractivity contribution is -0.145. The molecule has 4 aliphatic rings. The second-order valence-electron chi connectivity index (χ2n) is 6.61. The van der Waals surface area contributed by atoms with Crippen molar-refractivity contribution in [2.45, 2.75) is 38.2 Å². The summed E-state index contributed by atoms with van der Waals surface area (Å²) in [5.41, 5.74) is 0.608. The molecular formula is C19H23NO2. The van der Waals surface area contributed by atoms with Gasteiger partial charge in [-0.1, -0.05) is 30.4 Å². The molecule has 0 unspecified atom stereocenters. The van der Waals surface area contributed by atoms with Gasteiger partial charge in [0.2, 0.25) is 5.91 Å². The van der Waals surface area contributed by atoms with Gasteiger partial charge in [0.1, 0.15) is 17.3 Å². The molecule has 0 saturated heterocycles. The molecule has 1 aromatic carbocycles. The molecule has 1 fully saturated rings. The minimum atomic E-state index is -0.500. The molecule has 3 aliphatic carbocycles. The van der Waals surface area contributed by atoms with Crippen LogP contribution in [0.1, 0.15) is 32.3 Å². The van der Waals surface area contributed by atoms with E-state index in [1.165, 1.54) is 0 Å². The summed E-state index contributed by atoms with van der Waals surface area (Å²) >= 11 is 0. The van der Waals surface area contributed by atoms with Crippen LogP contribution in [0.2, 0.25) is 0 Å². The summed E-state index contributed by atoms with van der Waals surface area (Å²) in [5, 5.41) is 0. The number of hydrogen-bond acceptors (Lipinski definition) is 2. The summed E-state index contributed by atoms with van der Waals surface area (Å²) in [5.74, 6) is 1.79. The lowest BCUT2D eigenvalue weighted by Gasteiger charge is -2.50. The molecule has 0 N–H and O–H groups in total. The van der Waals surface area contributed by atoms with Crippen molar-refractivity contribution in [1.82, 2.24) is 4.90 Å². The molecule has 1 aromatic rings. The van der Waals surface area contributed by atoms with E-state index in [4.69, 9.17) is 4.74 Å². The third kappa shape index (κ3) is 1.54. The normalized spacial score (nSPS) is 34.0. The number of carbonyl (C=O) groups is 1. The zero-order valence-corrected chi connectivity index (χ0v) is 13.3. The van der Waals surface area contributed by atoms with Gasteiger partial charge in [0.05, 0.1) is 0 Å². The minimum Gasteiger partial charge on any atom is -0.488 e. The Balaban J connectivity index is 1.91. The number of hydrogen-bond donors (Lipinski definition) is 0. The molecule has 5 rings (SSSR count). The third-order valence-electron chi connectivity index (χ3n) is 5.82. The Labute approximate surface area is 132 Å². The number of amides is 1. The van der Waals surface area contributed by atoms with Crippen LogP contribution in [0.3, 0.4) is 0 Å². The molecule has 116 valence electrons. The standard InChI is InChI=1S/C19H23NO2/c1-3-20(4-2)18(21)19-14-11-9-13(10-12-14)17(19)22-16-8-6-5-7-15(16)19/h5-9,11,13-14,17H,3-4,10,12H2,1-2H3/t13-,14+,17-,19+/m0/s1. The Morgan fingerprint density at radius 3 is 2.68 bits per heavy atom. The van der Waals surface area contributed by atoms with Gasteiger partial charge in [-0.2, -0.15) is 0 Å². The molecule has 3 heteroatoms. The van der Waals surface area contributed by atoms with Gasteiger partial charge in [-0.3, -0.25) is 4.79 Å². The highest BCUT2D eigenvalue weighted by molar-refractivity contribution is 5.92. The second-order valence-corrected chi connectivity index (χ2v) is 6.61. The number of carbonyl (C=O) groups excluding carboxylic acids is 1. The smallest absolute Gasteiger partial charge is 0.237 e. The van der Waals surface area contributed by atoms with Crippen LogP contribution in [-0.2, 0) is 10.2 Å². The highest BCUT2D eigenvalue weighted by Gasteiger charge is 2.64. The van der Waals surface area contributed by atoms with Crippen molar-refractivity contribution >= 4 is 5.91 Å². The summed E-state index contributed by atoms with van der Waals surface area (Å²) in [6.07, 6.45) is 6.74. The van der Waals surface area contributed by atoms with Crippen LogP contribution >= 0.6 is 0 Å². The van der Waals surface area contributed by atoms with Gasteiger partial charge in [-0.15, -0.1) is 0 Å². The van der Waals surface area contributed by atoms with E-state index in [9.17, 15) is 4.79 Å². The van der Waals surface area contributed by atoms with E-state index in [1.54, 1.807) is 0 Å². The molecule has 0 radical (unpaired) electrons. The van der Waals surface area contributed by atoms with Crippen molar-refractivity contribution in [1.29, 1.82) is 0 Å². The number of para-hydroxylation sites is 1.